The van der Waals surface area contributed by atoms with Crippen LogP contribution < -0.4 is 0 Å². The summed E-state index contributed by atoms with van der Waals surface area (Å²) in [4.78, 5) is 0.105. The molecule has 1 fully saturated rings. The maximum absolute atomic E-state index is 12.8. The highest BCUT2D eigenvalue weighted by molar-refractivity contribution is 7.89. The number of rotatable bonds is 5. The maximum atomic E-state index is 12.8. The SMILES string of the molecule is O=S(=O)(c1ccc(F)cc1)N1CCC(OCCO)CC1. The Morgan fingerprint density at radius 1 is 1.25 bits per heavy atom. The molecule has 2 rings (SSSR count). The molecule has 1 aliphatic heterocycles. The van der Waals surface area contributed by atoms with Gasteiger partial charge in [0.25, 0.3) is 0 Å². The fraction of sp³-hybridized carbons (Fsp3) is 0.538. The summed E-state index contributed by atoms with van der Waals surface area (Å²) in [6.07, 6.45) is 1.18. The van der Waals surface area contributed by atoms with Gasteiger partial charge in [-0.2, -0.15) is 4.31 Å². The Hall–Kier alpha value is -1.02. The Bertz CT molecular complexity index is 524. The summed E-state index contributed by atoms with van der Waals surface area (Å²) >= 11 is 0. The van der Waals surface area contributed by atoms with E-state index >= 15 is 0 Å². The summed E-state index contributed by atoms with van der Waals surface area (Å²) in [6, 6.07) is 4.84. The molecule has 0 spiro atoms. The molecule has 0 unspecified atom stereocenters. The Morgan fingerprint density at radius 2 is 1.85 bits per heavy atom. The molecular weight excluding hydrogens is 285 g/mol. The van der Waals surface area contributed by atoms with Gasteiger partial charge in [-0.3, -0.25) is 0 Å². The van der Waals surface area contributed by atoms with Gasteiger partial charge < -0.3 is 9.84 Å². The lowest BCUT2D eigenvalue weighted by molar-refractivity contribution is 0.00318. The Balaban J connectivity index is 2.00. The van der Waals surface area contributed by atoms with Gasteiger partial charge >= 0.3 is 0 Å². The summed E-state index contributed by atoms with van der Waals surface area (Å²) in [5, 5.41) is 8.69. The van der Waals surface area contributed by atoms with Crippen LogP contribution in [0.4, 0.5) is 4.39 Å². The summed E-state index contributed by atoms with van der Waals surface area (Å²) in [6.45, 7) is 0.981. The third kappa shape index (κ3) is 3.54. The zero-order chi connectivity index (χ0) is 14.6. The fourth-order valence-corrected chi connectivity index (χ4v) is 3.68. The van der Waals surface area contributed by atoms with Crippen molar-refractivity contribution in [1.29, 1.82) is 0 Å². The van der Waals surface area contributed by atoms with E-state index in [0.29, 0.717) is 25.9 Å². The number of benzene rings is 1. The highest BCUT2D eigenvalue weighted by Crippen LogP contribution is 2.22. The van der Waals surface area contributed by atoms with Crippen LogP contribution in [-0.4, -0.2) is 50.2 Å². The number of sulfonamides is 1. The number of piperidine rings is 1. The van der Waals surface area contributed by atoms with Crippen LogP contribution in [0.25, 0.3) is 0 Å². The van der Waals surface area contributed by atoms with E-state index in [9.17, 15) is 12.8 Å². The number of nitrogens with zero attached hydrogens (tertiary/aromatic N) is 1. The van der Waals surface area contributed by atoms with Crippen LogP contribution in [0, 0.1) is 5.82 Å². The largest absolute Gasteiger partial charge is 0.394 e. The van der Waals surface area contributed by atoms with Gasteiger partial charge in [-0.15, -0.1) is 0 Å². The smallest absolute Gasteiger partial charge is 0.243 e. The molecule has 0 amide bonds. The zero-order valence-electron chi connectivity index (χ0n) is 11.0. The number of aliphatic hydroxyl groups is 1. The van der Waals surface area contributed by atoms with E-state index in [1.807, 2.05) is 0 Å². The first kappa shape index (κ1) is 15.4. The first-order valence-electron chi connectivity index (χ1n) is 6.52. The zero-order valence-corrected chi connectivity index (χ0v) is 11.9. The van der Waals surface area contributed by atoms with Crippen LogP contribution in [0.3, 0.4) is 0 Å². The molecule has 5 nitrogen and oxygen atoms in total. The Kier molecular flexibility index (Phi) is 5.09. The van der Waals surface area contributed by atoms with Crippen molar-refractivity contribution in [2.45, 2.75) is 23.8 Å². The highest BCUT2D eigenvalue weighted by Gasteiger charge is 2.29. The third-order valence-electron chi connectivity index (χ3n) is 3.30. The first-order chi connectivity index (χ1) is 9.54. The van der Waals surface area contributed by atoms with Gasteiger partial charge in [0.2, 0.25) is 10.0 Å². The van der Waals surface area contributed by atoms with Crippen molar-refractivity contribution in [3.05, 3.63) is 30.1 Å². The van der Waals surface area contributed by atoms with Gasteiger partial charge in [0, 0.05) is 13.1 Å². The highest BCUT2D eigenvalue weighted by atomic mass is 32.2. The van der Waals surface area contributed by atoms with Gasteiger partial charge in [0.1, 0.15) is 5.82 Å². The number of hydrogen-bond donors (Lipinski definition) is 1. The topological polar surface area (TPSA) is 66.8 Å². The number of ether oxygens (including phenoxy) is 1. The molecule has 1 saturated heterocycles. The fourth-order valence-electron chi connectivity index (χ4n) is 2.21. The summed E-state index contributed by atoms with van der Waals surface area (Å²) < 4.78 is 44.3. The van der Waals surface area contributed by atoms with Crippen molar-refractivity contribution in [2.75, 3.05) is 26.3 Å². The standard InChI is InChI=1S/C13H18FNO4S/c14-11-1-3-13(4-2-11)20(17,18)15-7-5-12(6-8-15)19-10-9-16/h1-4,12,16H,5-10H2. The van der Waals surface area contributed by atoms with Crippen molar-refractivity contribution in [3.63, 3.8) is 0 Å². The second kappa shape index (κ2) is 6.62. The second-order valence-electron chi connectivity index (χ2n) is 4.65. The van der Waals surface area contributed by atoms with Gasteiger partial charge in [-0.1, -0.05) is 0 Å². The minimum atomic E-state index is -3.56. The quantitative estimate of drug-likeness (QED) is 0.881. The van der Waals surface area contributed by atoms with Crippen LogP contribution in [0.1, 0.15) is 12.8 Å². The lowest BCUT2D eigenvalue weighted by Gasteiger charge is -2.31. The summed E-state index contributed by atoms with van der Waals surface area (Å²) in [5.74, 6) is -0.458. The summed E-state index contributed by atoms with van der Waals surface area (Å²) in [5.41, 5.74) is 0. The molecule has 112 valence electrons. The van der Waals surface area contributed by atoms with E-state index in [-0.39, 0.29) is 24.2 Å². The van der Waals surface area contributed by atoms with E-state index in [2.05, 4.69) is 0 Å². The molecule has 0 radical (unpaired) electrons. The number of hydrogen-bond acceptors (Lipinski definition) is 4. The number of aliphatic hydroxyl groups excluding tert-OH is 1. The van der Waals surface area contributed by atoms with E-state index in [0.717, 1.165) is 12.1 Å². The Morgan fingerprint density at radius 3 is 2.40 bits per heavy atom. The van der Waals surface area contributed by atoms with Crippen LogP contribution in [0.5, 0.6) is 0 Å². The monoisotopic (exact) mass is 303 g/mol. The molecule has 7 heteroatoms. The molecule has 1 aliphatic rings. The molecule has 20 heavy (non-hydrogen) atoms. The predicted octanol–water partition coefficient (Wildman–Crippen LogP) is 0.988. The molecule has 0 aromatic heterocycles. The lowest BCUT2D eigenvalue weighted by atomic mass is 10.1. The minimum absolute atomic E-state index is 0.0122. The van der Waals surface area contributed by atoms with Crippen molar-refractivity contribution >= 4 is 10.0 Å². The first-order valence-corrected chi connectivity index (χ1v) is 7.96. The molecule has 0 atom stereocenters. The molecule has 0 aliphatic carbocycles. The van der Waals surface area contributed by atoms with E-state index in [4.69, 9.17) is 9.84 Å². The van der Waals surface area contributed by atoms with E-state index < -0.39 is 15.8 Å². The molecule has 1 aromatic rings. The van der Waals surface area contributed by atoms with Gasteiger partial charge in [0.05, 0.1) is 24.2 Å². The molecule has 1 heterocycles. The van der Waals surface area contributed by atoms with Gasteiger partial charge in [-0.25, -0.2) is 12.8 Å². The molecular formula is C13H18FNO4S. The maximum Gasteiger partial charge on any atom is 0.243 e. The average molecular weight is 303 g/mol. The Labute approximate surface area is 118 Å². The predicted molar refractivity (Wildman–Crippen MR) is 71.2 cm³/mol. The third-order valence-corrected chi connectivity index (χ3v) is 5.21. The van der Waals surface area contributed by atoms with Gasteiger partial charge in [0.15, 0.2) is 0 Å². The molecule has 1 N–H and O–H groups in total. The average Bonchev–Trinajstić information content (AvgIpc) is 2.46. The molecule has 1 aromatic carbocycles. The van der Waals surface area contributed by atoms with E-state index in [1.165, 1.54) is 16.4 Å². The second-order valence-corrected chi connectivity index (χ2v) is 6.59. The van der Waals surface area contributed by atoms with Crippen LogP contribution >= 0.6 is 0 Å². The van der Waals surface area contributed by atoms with Crippen LogP contribution in [0.15, 0.2) is 29.2 Å². The lowest BCUT2D eigenvalue weighted by Crippen LogP contribution is -2.41. The molecule has 0 bridgehead atoms. The normalized spacial score (nSPS) is 18.3. The molecule has 0 saturated carbocycles. The summed E-state index contributed by atoms with van der Waals surface area (Å²) in [7, 11) is -3.56. The van der Waals surface area contributed by atoms with Gasteiger partial charge in [-0.05, 0) is 37.1 Å². The van der Waals surface area contributed by atoms with Crippen molar-refractivity contribution in [3.8, 4) is 0 Å². The van der Waals surface area contributed by atoms with Crippen molar-refractivity contribution in [2.24, 2.45) is 0 Å². The minimum Gasteiger partial charge on any atom is -0.394 e. The van der Waals surface area contributed by atoms with Crippen molar-refractivity contribution < 1.29 is 22.7 Å². The number of halogens is 1. The van der Waals surface area contributed by atoms with Crippen LogP contribution in [-0.2, 0) is 14.8 Å². The van der Waals surface area contributed by atoms with Crippen LogP contribution in [0.2, 0.25) is 0 Å². The van der Waals surface area contributed by atoms with E-state index in [1.54, 1.807) is 0 Å². The van der Waals surface area contributed by atoms with Crippen molar-refractivity contribution in [1.82, 2.24) is 4.31 Å².